The third kappa shape index (κ3) is 12.2. The number of hydrogen-bond donors (Lipinski definition) is 7. The van der Waals surface area contributed by atoms with Gasteiger partial charge < -0.3 is 38.1 Å². The third-order valence-electron chi connectivity index (χ3n) is 2.60. The van der Waals surface area contributed by atoms with E-state index in [-0.39, 0.29) is 24.8 Å². The molecule has 0 saturated carbocycles. The van der Waals surface area contributed by atoms with Gasteiger partial charge in [0.1, 0.15) is 12.1 Å². The predicted molar refractivity (Wildman–Crippen MR) is 90.7 cm³/mol. The van der Waals surface area contributed by atoms with E-state index in [9.17, 15) is 9.59 Å². The zero-order valence-electron chi connectivity index (χ0n) is 13.0. The van der Waals surface area contributed by atoms with E-state index in [1.165, 1.54) is 6.33 Å². The summed E-state index contributed by atoms with van der Waals surface area (Å²) in [5.74, 6) is -1.99. The molecule has 1 heterocycles. The van der Waals surface area contributed by atoms with Crippen molar-refractivity contribution in [3.8, 4) is 0 Å². The first kappa shape index (κ1) is 23.9. The lowest BCUT2D eigenvalue weighted by molar-refractivity contribution is -0.139. The average Bonchev–Trinajstić information content (AvgIpc) is 2.96. The second-order valence-corrected chi connectivity index (χ2v) is 4.62. The Kier molecular flexibility index (Phi) is 13.0. The Hall–Kier alpha value is -2.37. The second-order valence-electron chi connectivity index (χ2n) is 4.62. The largest absolute Gasteiger partial charge is 0.480 e. The topological polar surface area (TPSA) is 220 Å². The minimum atomic E-state index is -1.00. The molecule has 0 aliphatic carbocycles. The van der Waals surface area contributed by atoms with Gasteiger partial charge in [0.2, 0.25) is 0 Å². The number of halogens is 1. The standard InChI is InChI=1S/C6H14N4O2.C6H9N3O2.ClH/c7-4(5(11)12)2-1-3-10-6(8)9;7-5(6(10)11)1-4-2-8-3-9-4;/h4H,1-3,7H2,(H,11,12)(H4,8,9,10);2-3,5H,1,7H2,(H,8,9)(H,10,11);1H/t4-;5-;/m00./s1. The van der Waals surface area contributed by atoms with Crippen LogP contribution in [0.25, 0.3) is 0 Å². The lowest BCUT2D eigenvalue weighted by atomic mass is 10.2. The molecule has 0 spiro atoms. The molecule has 0 radical (unpaired) electrons. The Morgan fingerprint density at radius 2 is 1.79 bits per heavy atom. The summed E-state index contributed by atoms with van der Waals surface area (Å²) in [4.78, 5) is 30.7. The zero-order chi connectivity index (χ0) is 17.8. The number of imidazole rings is 1. The molecule has 0 bridgehead atoms. The van der Waals surface area contributed by atoms with E-state index >= 15 is 0 Å². The molecule has 1 rings (SSSR count). The fourth-order valence-corrected chi connectivity index (χ4v) is 1.36. The van der Waals surface area contributed by atoms with Crippen LogP contribution in [-0.4, -0.2) is 56.7 Å². The lowest BCUT2D eigenvalue weighted by Crippen LogP contribution is -2.32. The number of nitrogens with zero attached hydrogens (tertiary/aromatic N) is 2. The number of H-pyrrole nitrogens is 1. The molecule has 0 unspecified atom stereocenters. The molecule has 0 aliphatic heterocycles. The Morgan fingerprint density at radius 3 is 2.21 bits per heavy atom. The molecule has 0 amide bonds. The molecule has 1 aromatic heterocycles. The Bertz CT molecular complexity index is 506. The number of guanidine groups is 1. The molecule has 0 saturated heterocycles. The molecule has 0 aromatic carbocycles. The summed E-state index contributed by atoms with van der Waals surface area (Å²) in [5, 5.41) is 16.8. The molecule has 0 fully saturated rings. The van der Waals surface area contributed by atoms with E-state index < -0.39 is 24.0 Å². The first-order valence-electron chi connectivity index (χ1n) is 6.73. The van der Waals surface area contributed by atoms with E-state index in [0.717, 1.165) is 5.69 Å². The van der Waals surface area contributed by atoms with Crippen LogP contribution < -0.4 is 22.9 Å². The summed E-state index contributed by atoms with van der Waals surface area (Å²) in [6, 6.07) is -1.67. The number of carbonyl (C=O) groups is 2. The summed E-state index contributed by atoms with van der Waals surface area (Å²) in [6.07, 6.45) is 4.29. The molecular weight excluding hydrogens is 342 g/mol. The highest BCUT2D eigenvalue weighted by Crippen LogP contribution is 1.95. The van der Waals surface area contributed by atoms with E-state index in [1.807, 2.05) is 0 Å². The van der Waals surface area contributed by atoms with E-state index in [1.54, 1.807) is 6.20 Å². The molecule has 1 aromatic rings. The smallest absolute Gasteiger partial charge is 0.320 e. The summed E-state index contributed by atoms with van der Waals surface area (Å²) in [5.41, 5.74) is 21.3. The van der Waals surface area contributed by atoms with Crippen LogP contribution >= 0.6 is 12.4 Å². The number of hydrogen-bond acceptors (Lipinski definition) is 6. The number of nitrogens with one attached hydrogen (secondary N) is 1. The van der Waals surface area contributed by atoms with Gasteiger partial charge in [-0.2, -0.15) is 0 Å². The summed E-state index contributed by atoms with van der Waals surface area (Å²) in [7, 11) is 0. The maximum Gasteiger partial charge on any atom is 0.320 e. The minimum Gasteiger partial charge on any atom is -0.480 e. The van der Waals surface area contributed by atoms with Crippen LogP contribution in [-0.2, 0) is 16.0 Å². The van der Waals surface area contributed by atoms with Crippen LogP contribution in [0.5, 0.6) is 0 Å². The first-order valence-corrected chi connectivity index (χ1v) is 6.73. The van der Waals surface area contributed by atoms with Crippen molar-refractivity contribution in [2.24, 2.45) is 27.9 Å². The first-order chi connectivity index (χ1) is 10.7. The molecule has 11 nitrogen and oxygen atoms in total. The van der Waals surface area contributed by atoms with Crippen molar-refractivity contribution in [2.45, 2.75) is 31.3 Å². The van der Waals surface area contributed by atoms with Gasteiger partial charge in [0.25, 0.3) is 0 Å². The molecule has 24 heavy (non-hydrogen) atoms. The molecule has 2 atom stereocenters. The Morgan fingerprint density at radius 1 is 1.21 bits per heavy atom. The maximum absolute atomic E-state index is 10.3. The number of aliphatic carboxylic acids is 2. The SMILES string of the molecule is Cl.NC(N)=NCCC[C@H](N)C(=O)O.N[C@@H](Cc1cnc[nH]1)C(=O)O. The lowest BCUT2D eigenvalue weighted by Gasteiger charge is -2.03. The Labute approximate surface area is 144 Å². The van der Waals surface area contributed by atoms with Crippen molar-refractivity contribution in [1.82, 2.24) is 9.97 Å². The van der Waals surface area contributed by atoms with Crippen LogP contribution in [0.1, 0.15) is 18.5 Å². The van der Waals surface area contributed by atoms with E-state index in [0.29, 0.717) is 19.4 Å². The molecule has 138 valence electrons. The van der Waals surface area contributed by atoms with Gasteiger partial charge in [0.05, 0.1) is 6.33 Å². The fourth-order valence-electron chi connectivity index (χ4n) is 1.36. The molecule has 11 N–H and O–H groups in total. The highest BCUT2D eigenvalue weighted by Gasteiger charge is 2.12. The summed E-state index contributed by atoms with van der Waals surface area (Å²) < 4.78 is 0. The van der Waals surface area contributed by atoms with E-state index in [2.05, 4.69) is 15.0 Å². The van der Waals surface area contributed by atoms with E-state index in [4.69, 9.17) is 33.1 Å². The number of carboxylic acid groups (broad SMARTS) is 2. The van der Waals surface area contributed by atoms with Gasteiger partial charge in [-0.15, -0.1) is 12.4 Å². The number of rotatable bonds is 8. The molecule has 0 aliphatic rings. The van der Waals surface area contributed by atoms with Gasteiger partial charge in [-0.1, -0.05) is 0 Å². The predicted octanol–water partition coefficient (Wildman–Crippen LogP) is -1.76. The second kappa shape index (κ2) is 13.1. The number of nitrogens with two attached hydrogens (primary N) is 4. The van der Waals surface area contributed by atoms with Crippen LogP contribution in [0.3, 0.4) is 0 Å². The average molecular weight is 366 g/mol. The van der Waals surface area contributed by atoms with Crippen molar-refractivity contribution in [1.29, 1.82) is 0 Å². The minimum absolute atomic E-state index is 0. The van der Waals surface area contributed by atoms with Gasteiger partial charge in [-0.05, 0) is 12.8 Å². The quantitative estimate of drug-likeness (QED) is 0.157. The molecular formula is C12H24ClN7O4. The van der Waals surface area contributed by atoms with Crippen molar-refractivity contribution < 1.29 is 19.8 Å². The molecule has 12 heteroatoms. The van der Waals surface area contributed by atoms with Crippen molar-refractivity contribution in [2.75, 3.05) is 6.54 Å². The third-order valence-corrected chi connectivity index (χ3v) is 2.60. The monoisotopic (exact) mass is 365 g/mol. The zero-order valence-corrected chi connectivity index (χ0v) is 13.8. The van der Waals surface area contributed by atoms with Crippen LogP contribution in [0.15, 0.2) is 17.5 Å². The van der Waals surface area contributed by atoms with Crippen molar-refractivity contribution >= 4 is 30.3 Å². The number of aromatic amines is 1. The maximum atomic E-state index is 10.3. The van der Waals surface area contributed by atoms with Crippen LogP contribution in [0.4, 0.5) is 0 Å². The fraction of sp³-hybridized carbons (Fsp3) is 0.500. The van der Waals surface area contributed by atoms with Crippen molar-refractivity contribution in [3.63, 3.8) is 0 Å². The van der Waals surface area contributed by atoms with Gasteiger partial charge in [0, 0.05) is 24.9 Å². The Balaban J connectivity index is 0. The summed E-state index contributed by atoms with van der Waals surface area (Å²) >= 11 is 0. The normalized spacial score (nSPS) is 11.9. The van der Waals surface area contributed by atoms with Gasteiger partial charge in [-0.3, -0.25) is 14.6 Å². The highest BCUT2D eigenvalue weighted by molar-refractivity contribution is 5.85. The number of carboxylic acids is 2. The number of aromatic nitrogens is 2. The van der Waals surface area contributed by atoms with Gasteiger partial charge in [0.15, 0.2) is 5.96 Å². The highest BCUT2D eigenvalue weighted by atomic mass is 35.5. The van der Waals surface area contributed by atoms with Crippen molar-refractivity contribution in [3.05, 3.63) is 18.2 Å². The van der Waals surface area contributed by atoms with Gasteiger partial charge in [-0.25, -0.2) is 4.98 Å². The van der Waals surface area contributed by atoms with Gasteiger partial charge >= 0.3 is 11.9 Å². The van der Waals surface area contributed by atoms with Crippen LogP contribution in [0.2, 0.25) is 0 Å². The number of aliphatic imine (C=N–C) groups is 1. The van der Waals surface area contributed by atoms with Crippen LogP contribution in [0, 0.1) is 0 Å². The summed E-state index contributed by atoms with van der Waals surface area (Å²) in [6.45, 7) is 0.420.